The zero-order chi connectivity index (χ0) is 17.0. The third-order valence-corrected chi connectivity index (χ3v) is 3.34. The quantitative estimate of drug-likeness (QED) is 0.589. The van der Waals surface area contributed by atoms with Gasteiger partial charge in [-0.05, 0) is 12.3 Å². The highest BCUT2D eigenvalue weighted by Crippen LogP contribution is 2.29. The van der Waals surface area contributed by atoms with Crippen LogP contribution in [0.15, 0.2) is 35.1 Å². The highest BCUT2D eigenvalue weighted by Gasteiger charge is 2.19. The number of pyridine rings is 1. The molecule has 0 atom stereocenters. The lowest BCUT2D eigenvalue weighted by atomic mass is 10.1. The summed E-state index contributed by atoms with van der Waals surface area (Å²) in [5, 5.41) is 0. The monoisotopic (exact) mass is 347 g/mol. The Hall–Kier alpha value is -1.96. The molecule has 0 fully saturated rings. The number of hydrogen-bond acceptors (Lipinski definition) is 3. The van der Waals surface area contributed by atoms with Crippen LogP contribution in [0.4, 0.5) is 17.6 Å². The summed E-state index contributed by atoms with van der Waals surface area (Å²) in [4.78, 5) is 11.7. The molecule has 0 N–H and O–H groups in total. The smallest absolute Gasteiger partial charge is 0.256 e. The maximum absolute atomic E-state index is 14.2. The molecule has 3 nitrogen and oxygen atoms in total. The van der Waals surface area contributed by atoms with Gasteiger partial charge in [0.25, 0.3) is 12.0 Å². The van der Waals surface area contributed by atoms with Crippen molar-refractivity contribution in [1.82, 2.24) is 4.57 Å². The Morgan fingerprint density at radius 1 is 1.22 bits per heavy atom. The fourth-order valence-corrected chi connectivity index (χ4v) is 2.32. The van der Waals surface area contributed by atoms with E-state index in [1.807, 2.05) is 0 Å². The number of halogens is 4. The molecular weight excluding hydrogens is 334 g/mol. The van der Waals surface area contributed by atoms with Crippen molar-refractivity contribution < 1.29 is 22.3 Å². The van der Waals surface area contributed by atoms with Gasteiger partial charge in [0, 0.05) is 18.2 Å². The molecule has 8 heteroatoms. The fraction of sp³-hybridized carbons (Fsp3) is 0.267. The first-order valence-corrected chi connectivity index (χ1v) is 7.92. The van der Waals surface area contributed by atoms with Gasteiger partial charge in [0.2, 0.25) is 0 Å². The van der Waals surface area contributed by atoms with E-state index in [-0.39, 0.29) is 17.4 Å². The van der Waals surface area contributed by atoms with Crippen LogP contribution >= 0.6 is 11.8 Å². The topological polar surface area (TPSA) is 31.2 Å². The molecule has 0 saturated heterocycles. The van der Waals surface area contributed by atoms with Crippen molar-refractivity contribution in [2.24, 2.45) is 0 Å². The van der Waals surface area contributed by atoms with Crippen LogP contribution in [0.5, 0.6) is 5.75 Å². The minimum atomic E-state index is -2.83. The Morgan fingerprint density at radius 2 is 1.87 bits per heavy atom. The van der Waals surface area contributed by atoms with Crippen molar-refractivity contribution in [3.63, 3.8) is 0 Å². The summed E-state index contributed by atoms with van der Waals surface area (Å²) in [6.07, 6.45) is -1.07. The molecule has 1 heterocycles. The average molecular weight is 347 g/mol. The number of thioether (sulfide) groups is 1. The maximum atomic E-state index is 14.2. The summed E-state index contributed by atoms with van der Waals surface area (Å²) in [5.41, 5.74) is -1.55. The fourth-order valence-electron chi connectivity index (χ4n) is 2.07. The first-order valence-electron chi connectivity index (χ1n) is 6.53. The second kappa shape index (κ2) is 7.54. The Labute approximate surface area is 133 Å². The number of ether oxygens (including phenoxy) is 1. The number of nitrogens with zero attached hydrogens (tertiary/aromatic N) is 1. The van der Waals surface area contributed by atoms with Crippen LogP contribution in [-0.2, 0) is 6.54 Å². The van der Waals surface area contributed by atoms with E-state index >= 15 is 0 Å². The molecule has 0 unspecified atom stereocenters. The predicted molar refractivity (Wildman–Crippen MR) is 81.1 cm³/mol. The summed E-state index contributed by atoms with van der Waals surface area (Å²) < 4.78 is 59.5. The number of alkyl halides is 2. The van der Waals surface area contributed by atoms with Gasteiger partial charge in [0.05, 0.1) is 17.8 Å². The van der Waals surface area contributed by atoms with Crippen LogP contribution in [0.1, 0.15) is 0 Å². The van der Waals surface area contributed by atoms with Crippen molar-refractivity contribution in [1.29, 1.82) is 0 Å². The van der Waals surface area contributed by atoms with E-state index < -0.39 is 35.7 Å². The van der Waals surface area contributed by atoms with Crippen LogP contribution < -0.4 is 10.3 Å². The molecule has 0 saturated carbocycles. The zero-order valence-electron chi connectivity index (χ0n) is 12.1. The standard InChI is InChI=1S/C15H13F4NO2S/c1-23-8-22-9-5-10(16)15(11(17)6-9)12-3-2-4-14(21)20(12)7-13(18)19/h2-6,13H,7-8H2,1H3. The molecule has 1 aromatic carbocycles. The van der Waals surface area contributed by atoms with E-state index in [2.05, 4.69) is 0 Å². The van der Waals surface area contributed by atoms with Gasteiger partial charge >= 0.3 is 0 Å². The van der Waals surface area contributed by atoms with Gasteiger partial charge in [-0.3, -0.25) is 4.79 Å². The molecule has 0 amide bonds. The number of rotatable bonds is 6. The molecule has 0 aliphatic carbocycles. The minimum absolute atomic E-state index is 0.0169. The second-order valence-corrected chi connectivity index (χ2v) is 5.38. The molecule has 2 rings (SSSR count). The summed E-state index contributed by atoms with van der Waals surface area (Å²) in [7, 11) is 0. The molecule has 23 heavy (non-hydrogen) atoms. The molecule has 0 aliphatic rings. The maximum Gasteiger partial charge on any atom is 0.256 e. The van der Waals surface area contributed by atoms with Crippen molar-refractivity contribution in [2.45, 2.75) is 13.0 Å². The van der Waals surface area contributed by atoms with Crippen molar-refractivity contribution in [2.75, 3.05) is 12.2 Å². The van der Waals surface area contributed by atoms with Gasteiger partial charge in [-0.25, -0.2) is 17.6 Å². The second-order valence-electron chi connectivity index (χ2n) is 4.56. The summed E-state index contributed by atoms with van der Waals surface area (Å²) in [6, 6.07) is 5.44. The van der Waals surface area contributed by atoms with Gasteiger partial charge in [0.15, 0.2) is 0 Å². The molecule has 0 radical (unpaired) electrons. The molecule has 2 aromatic rings. The van der Waals surface area contributed by atoms with Crippen molar-refractivity contribution >= 4 is 11.8 Å². The van der Waals surface area contributed by atoms with Crippen LogP contribution in [0, 0.1) is 11.6 Å². The first kappa shape index (κ1) is 17.4. The van der Waals surface area contributed by atoms with Gasteiger partial charge < -0.3 is 9.30 Å². The van der Waals surface area contributed by atoms with Gasteiger partial charge in [-0.1, -0.05) is 6.07 Å². The first-order chi connectivity index (χ1) is 10.9. The highest BCUT2D eigenvalue weighted by atomic mass is 32.2. The summed E-state index contributed by atoms with van der Waals surface area (Å²) in [5.74, 6) is -1.79. The minimum Gasteiger partial charge on any atom is -0.483 e. The number of benzene rings is 1. The van der Waals surface area contributed by atoms with E-state index in [4.69, 9.17) is 4.74 Å². The third kappa shape index (κ3) is 4.07. The van der Waals surface area contributed by atoms with E-state index in [0.717, 1.165) is 18.2 Å². The third-order valence-electron chi connectivity index (χ3n) is 2.99. The Kier molecular flexibility index (Phi) is 5.70. The Bertz CT molecular complexity index is 725. The van der Waals surface area contributed by atoms with Crippen LogP contribution in [0.2, 0.25) is 0 Å². The largest absolute Gasteiger partial charge is 0.483 e. The lowest BCUT2D eigenvalue weighted by Gasteiger charge is -2.14. The summed E-state index contributed by atoms with van der Waals surface area (Å²) in [6.45, 7) is -0.946. The number of aromatic nitrogens is 1. The van der Waals surface area contributed by atoms with Gasteiger partial charge in [-0.2, -0.15) is 0 Å². The van der Waals surface area contributed by atoms with Crippen LogP contribution in [0.25, 0.3) is 11.3 Å². The van der Waals surface area contributed by atoms with Crippen molar-refractivity contribution in [3.05, 3.63) is 52.3 Å². The lowest BCUT2D eigenvalue weighted by Crippen LogP contribution is -2.24. The molecular formula is C15H13F4NO2S. The van der Waals surface area contributed by atoms with E-state index in [9.17, 15) is 22.4 Å². The van der Waals surface area contributed by atoms with E-state index in [1.54, 1.807) is 6.26 Å². The average Bonchev–Trinajstić information content (AvgIpc) is 2.47. The number of hydrogen-bond donors (Lipinski definition) is 0. The highest BCUT2D eigenvalue weighted by molar-refractivity contribution is 7.98. The lowest BCUT2D eigenvalue weighted by molar-refractivity contribution is 0.126. The van der Waals surface area contributed by atoms with Gasteiger partial charge in [0.1, 0.15) is 23.3 Å². The summed E-state index contributed by atoms with van der Waals surface area (Å²) >= 11 is 1.32. The zero-order valence-corrected chi connectivity index (χ0v) is 12.9. The van der Waals surface area contributed by atoms with Crippen LogP contribution in [-0.4, -0.2) is 23.2 Å². The normalized spacial score (nSPS) is 11.0. The molecule has 0 aliphatic heterocycles. The molecule has 124 valence electrons. The Morgan fingerprint density at radius 3 is 2.43 bits per heavy atom. The van der Waals surface area contributed by atoms with Crippen LogP contribution in [0.3, 0.4) is 0 Å². The predicted octanol–water partition coefficient (Wildman–Crippen LogP) is 3.76. The van der Waals surface area contributed by atoms with E-state index in [1.165, 1.54) is 23.9 Å². The Balaban J connectivity index is 2.54. The SMILES string of the molecule is CSCOc1cc(F)c(-c2cccc(=O)n2CC(F)F)c(F)c1. The van der Waals surface area contributed by atoms with Gasteiger partial charge in [-0.15, -0.1) is 11.8 Å². The molecule has 0 bridgehead atoms. The van der Waals surface area contributed by atoms with Crippen molar-refractivity contribution in [3.8, 4) is 17.0 Å². The molecule has 0 spiro atoms. The van der Waals surface area contributed by atoms with E-state index in [0.29, 0.717) is 4.57 Å². The molecule has 1 aromatic heterocycles.